The molecular weight excluding hydrogens is 318 g/mol. The topological polar surface area (TPSA) is 18.8 Å². The molecule has 26 heavy (non-hydrogen) atoms. The zero-order chi connectivity index (χ0) is 18.5. The average molecular weight is 343 g/mol. The van der Waals surface area contributed by atoms with Crippen molar-refractivity contribution in [3.63, 3.8) is 0 Å². The van der Waals surface area contributed by atoms with Crippen molar-refractivity contribution in [3.05, 3.63) is 90.0 Å². The molecule has 0 bridgehead atoms. The molecule has 0 spiro atoms. The first-order chi connectivity index (χ1) is 12.6. The number of rotatable bonds is 3. The molecule has 0 aliphatic heterocycles. The molecule has 0 radical (unpaired) electrons. The van der Waals surface area contributed by atoms with Gasteiger partial charge in [-0.2, -0.15) is 0 Å². The third-order valence-corrected chi connectivity index (χ3v) is 4.54. The van der Waals surface area contributed by atoms with E-state index in [0.717, 1.165) is 23.0 Å². The van der Waals surface area contributed by atoms with Crippen LogP contribution in [0.4, 0.5) is 17.1 Å². The van der Waals surface area contributed by atoms with Crippen molar-refractivity contribution in [1.29, 1.82) is 0 Å². The molecule has 0 amide bonds. The van der Waals surface area contributed by atoms with E-state index in [0.29, 0.717) is 0 Å². The van der Waals surface area contributed by atoms with Gasteiger partial charge in [0, 0.05) is 25.5 Å². The standard InChI is InChI=1S/C23H25N3/c1-18-12-11-13-19(2)22(18)24-23(25(3)20-14-7-5-8-15-20)26(4)21-16-9-6-10-17-21/h5-17H,1-4H3. The van der Waals surface area contributed by atoms with Crippen molar-refractivity contribution in [2.24, 2.45) is 4.99 Å². The Morgan fingerprint density at radius 1 is 0.615 bits per heavy atom. The van der Waals surface area contributed by atoms with Crippen LogP contribution in [0.5, 0.6) is 0 Å². The molecule has 0 aromatic heterocycles. The molecule has 3 nitrogen and oxygen atoms in total. The van der Waals surface area contributed by atoms with Gasteiger partial charge in [0.2, 0.25) is 5.96 Å². The maximum Gasteiger partial charge on any atom is 0.210 e. The van der Waals surface area contributed by atoms with Gasteiger partial charge in [-0.15, -0.1) is 0 Å². The van der Waals surface area contributed by atoms with Gasteiger partial charge >= 0.3 is 0 Å². The summed E-state index contributed by atoms with van der Waals surface area (Å²) in [4.78, 5) is 9.33. The first-order valence-corrected chi connectivity index (χ1v) is 8.80. The Kier molecular flexibility index (Phi) is 5.37. The summed E-state index contributed by atoms with van der Waals surface area (Å²) in [5, 5.41) is 0. The van der Waals surface area contributed by atoms with Crippen LogP contribution in [0.2, 0.25) is 0 Å². The number of para-hydroxylation sites is 3. The lowest BCUT2D eigenvalue weighted by molar-refractivity contribution is 1.13. The molecule has 132 valence electrons. The Balaban J connectivity index is 2.11. The Morgan fingerprint density at radius 2 is 1.04 bits per heavy atom. The van der Waals surface area contributed by atoms with Crippen molar-refractivity contribution in [2.45, 2.75) is 13.8 Å². The molecule has 0 atom stereocenters. The van der Waals surface area contributed by atoms with Crippen LogP contribution in [0.1, 0.15) is 11.1 Å². The van der Waals surface area contributed by atoms with E-state index in [-0.39, 0.29) is 0 Å². The summed E-state index contributed by atoms with van der Waals surface area (Å²) in [6, 6.07) is 26.9. The highest BCUT2D eigenvalue weighted by molar-refractivity contribution is 6.07. The van der Waals surface area contributed by atoms with E-state index in [1.807, 2.05) is 36.4 Å². The number of aryl methyl sites for hydroxylation is 2. The maximum atomic E-state index is 5.08. The van der Waals surface area contributed by atoms with Crippen molar-refractivity contribution < 1.29 is 0 Å². The first kappa shape index (κ1) is 17.7. The average Bonchev–Trinajstić information content (AvgIpc) is 2.68. The molecule has 3 aromatic rings. The Morgan fingerprint density at radius 3 is 1.46 bits per heavy atom. The molecule has 3 aromatic carbocycles. The fourth-order valence-electron chi connectivity index (χ4n) is 2.99. The Hall–Kier alpha value is -3.07. The van der Waals surface area contributed by atoms with E-state index in [1.54, 1.807) is 0 Å². The van der Waals surface area contributed by atoms with Crippen LogP contribution in [0.3, 0.4) is 0 Å². The normalized spacial score (nSPS) is 10.3. The fourth-order valence-corrected chi connectivity index (χ4v) is 2.99. The highest BCUT2D eigenvalue weighted by Gasteiger charge is 2.16. The Labute approximate surface area is 156 Å². The lowest BCUT2D eigenvalue weighted by atomic mass is 10.1. The largest absolute Gasteiger partial charge is 0.315 e. The second kappa shape index (κ2) is 7.87. The summed E-state index contributed by atoms with van der Waals surface area (Å²) in [6.45, 7) is 4.21. The lowest BCUT2D eigenvalue weighted by Gasteiger charge is -2.30. The molecule has 3 rings (SSSR count). The molecule has 3 heteroatoms. The van der Waals surface area contributed by atoms with Gasteiger partial charge in [0.15, 0.2) is 0 Å². The van der Waals surface area contributed by atoms with Gasteiger partial charge in [0.25, 0.3) is 0 Å². The maximum absolute atomic E-state index is 5.08. The molecule has 0 aliphatic carbocycles. The number of benzene rings is 3. The summed E-state index contributed by atoms with van der Waals surface area (Å²) in [7, 11) is 4.11. The van der Waals surface area contributed by atoms with Crippen LogP contribution < -0.4 is 9.80 Å². The predicted octanol–water partition coefficient (Wildman–Crippen LogP) is 5.56. The van der Waals surface area contributed by atoms with Crippen LogP contribution in [-0.2, 0) is 0 Å². The minimum Gasteiger partial charge on any atom is -0.315 e. The highest BCUT2D eigenvalue weighted by Crippen LogP contribution is 2.26. The van der Waals surface area contributed by atoms with Crippen molar-refractivity contribution in [1.82, 2.24) is 0 Å². The van der Waals surface area contributed by atoms with Gasteiger partial charge in [-0.05, 0) is 49.2 Å². The minimum absolute atomic E-state index is 0.875. The minimum atomic E-state index is 0.875. The highest BCUT2D eigenvalue weighted by atomic mass is 15.4. The summed E-state index contributed by atoms with van der Waals surface area (Å²) >= 11 is 0. The molecular formula is C23H25N3. The SMILES string of the molecule is Cc1cccc(C)c1N=C(N(C)c1ccccc1)N(C)c1ccccc1. The zero-order valence-corrected chi connectivity index (χ0v) is 15.8. The summed E-state index contributed by atoms with van der Waals surface area (Å²) in [6.07, 6.45) is 0. The van der Waals surface area contributed by atoms with Crippen LogP contribution in [0.15, 0.2) is 83.9 Å². The van der Waals surface area contributed by atoms with Gasteiger partial charge in [-0.1, -0.05) is 54.6 Å². The number of guanidine groups is 1. The van der Waals surface area contributed by atoms with E-state index in [1.165, 1.54) is 11.1 Å². The van der Waals surface area contributed by atoms with Gasteiger partial charge in [0.1, 0.15) is 0 Å². The summed E-state index contributed by atoms with van der Waals surface area (Å²) < 4.78 is 0. The Bertz CT molecular complexity index is 818. The quantitative estimate of drug-likeness (QED) is 0.458. The monoisotopic (exact) mass is 343 g/mol. The van der Waals surface area contributed by atoms with Gasteiger partial charge < -0.3 is 9.80 Å². The zero-order valence-electron chi connectivity index (χ0n) is 15.8. The van der Waals surface area contributed by atoms with Crippen LogP contribution in [0, 0.1) is 13.8 Å². The van der Waals surface area contributed by atoms with Crippen molar-refractivity contribution >= 4 is 23.0 Å². The lowest BCUT2D eigenvalue weighted by Crippen LogP contribution is -2.40. The van der Waals surface area contributed by atoms with Gasteiger partial charge in [-0.25, -0.2) is 4.99 Å². The van der Waals surface area contributed by atoms with Crippen LogP contribution in [-0.4, -0.2) is 20.1 Å². The molecule has 0 heterocycles. The third-order valence-electron chi connectivity index (χ3n) is 4.54. The number of hydrogen-bond acceptors (Lipinski definition) is 1. The van der Waals surface area contributed by atoms with E-state index in [2.05, 4.69) is 80.2 Å². The third kappa shape index (κ3) is 3.77. The number of anilines is 2. The second-order valence-corrected chi connectivity index (χ2v) is 6.44. The van der Waals surface area contributed by atoms with Crippen LogP contribution >= 0.6 is 0 Å². The first-order valence-electron chi connectivity index (χ1n) is 8.80. The van der Waals surface area contributed by atoms with E-state index >= 15 is 0 Å². The summed E-state index contributed by atoms with van der Waals surface area (Å²) in [5.41, 5.74) is 5.56. The fraction of sp³-hybridized carbons (Fsp3) is 0.174. The number of aliphatic imine (C=N–C) groups is 1. The van der Waals surface area contributed by atoms with Gasteiger partial charge in [0.05, 0.1) is 5.69 Å². The van der Waals surface area contributed by atoms with Gasteiger partial charge in [-0.3, -0.25) is 0 Å². The molecule has 0 saturated heterocycles. The van der Waals surface area contributed by atoms with E-state index < -0.39 is 0 Å². The van der Waals surface area contributed by atoms with Crippen molar-refractivity contribution in [3.8, 4) is 0 Å². The van der Waals surface area contributed by atoms with Crippen molar-refractivity contribution in [2.75, 3.05) is 23.9 Å². The molecule has 0 unspecified atom stereocenters. The smallest absolute Gasteiger partial charge is 0.210 e. The molecule has 0 N–H and O–H groups in total. The molecule has 0 saturated carbocycles. The molecule has 0 fully saturated rings. The number of hydrogen-bond donors (Lipinski definition) is 0. The second-order valence-electron chi connectivity index (χ2n) is 6.44. The predicted molar refractivity (Wildman–Crippen MR) is 113 cm³/mol. The van der Waals surface area contributed by atoms with E-state index in [9.17, 15) is 0 Å². The van der Waals surface area contributed by atoms with E-state index in [4.69, 9.17) is 4.99 Å². The molecule has 0 aliphatic rings. The van der Waals surface area contributed by atoms with Crippen LogP contribution in [0.25, 0.3) is 0 Å². The number of nitrogens with zero attached hydrogens (tertiary/aromatic N) is 3. The summed E-state index contributed by atoms with van der Waals surface area (Å²) in [5.74, 6) is 0.875.